The second-order valence-electron chi connectivity index (χ2n) is 3.52. The molecule has 0 rings (SSSR count). The molecule has 0 aromatic carbocycles. The van der Waals surface area contributed by atoms with Crippen LogP contribution in [0, 0.1) is 17.2 Å². The zero-order valence-corrected chi connectivity index (χ0v) is 9.14. The maximum absolute atomic E-state index is 12.3. The third kappa shape index (κ3) is 5.63. The summed E-state index contributed by atoms with van der Waals surface area (Å²) in [7, 11) is 0. The average molecular weight is 222 g/mol. The molecular formula is C10H17F3N2. The Balaban J connectivity index is 4.30. The number of halogens is 3. The van der Waals surface area contributed by atoms with E-state index in [2.05, 4.69) is 0 Å². The van der Waals surface area contributed by atoms with Crippen LogP contribution in [-0.4, -0.2) is 30.7 Å². The molecule has 0 aromatic rings. The highest BCUT2D eigenvalue weighted by Gasteiger charge is 2.40. The highest BCUT2D eigenvalue weighted by molar-refractivity contribution is 4.90. The zero-order chi connectivity index (χ0) is 11.9. The molecule has 0 bridgehead atoms. The van der Waals surface area contributed by atoms with E-state index in [-0.39, 0.29) is 6.54 Å². The number of rotatable bonds is 6. The van der Waals surface area contributed by atoms with Crippen molar-refractivity contribution in [1.82, 2.24) is 4.90 Å². The molecule has 0 N–H and O–H groups in total. The highest BCUT2D eigenvalue weighted by atomic mass is 19.4. The molecule has 0 heterocycles. The van der Waals surface area contributed by atoms with Gasteiger partial charge in [-0.05, 0) is 25.9 Å². The highest BCUT2D eigenvalue weighted by Crippen LogP contribution is 2.26. The van der Waals surface area contributed by atoms with Crippen molar-refractivity contribution in [3.05, 3.63) is 0 Å². The van der Waals surface area contributed by atoms with E-state index in [0.717, 1.165) is 12.8 Å². The molecule has 0 aromatic heterocycles. The summed E-state index contributed by atoms with van der Waals surface area (Å²) < 4.78 is 36.9. The monoisotopic (exact) mass is 222 g/mol. The van der Waals surface area contributed by atoms with Crippen LogP contribution in [0.15, 0.2) is 0 Å². The van der Waals surface area contributed by atoms with Crippen LogP contribution in [0.1, 0.15) is 26.7 Å². The molecule has 1 unspecified atom stereocenters. The Kier molecular flexibility index (Phi) is 6.34. The molecule has 0 aliphatic heterocycles. The van der Waals surface area contributed by atoms with Crippen LogP contribution in [0.4, 0.5) is 13.2 Å². The summed E-state index contributed by atoms with van der Waals surface area (Å²) in [6.07, 6.45) is -2.81. The van der Waals surface area contributed by atoms with Crippen LogP contribution in [0.5, 0.6) is 0 Å². The lowest BCUT2D eigenvalue weighted by Gasteiger charge is -2.24. The molecule has 0 saturated carbocycles. The summed E-state index contributed by atoms with van der Waals surface area (Å²) in [6.45, 7) is 4.85. The SMILES string of the molecule is CCCN(CCC)CC(C#N)C(F)(F)F. The van der Waals surface area contributed by atoms with E-state index in [9.17, 15) is 13.2 Å². The normalized spacial score (nSPS) is 13.9. The molecular weight excluding hydrogens is 205 g/mol. The first-order valence-corrected chi connectivity index (χ1v) is 5.14. The lowest BCUT2D eigenvalue weighted by molar-refractivity contribution is -0.163. The van der Waals surface area contributed by atoms with E-state index in [1.807, 2.05) is 13.8 Å². The van der Waals surface area contributed by atoms with Crippen molar-refractivity contribution < 1.29 is 13.2 Å². The first-order valence-electron chi connectivity index (χ1n) is 5.14. The second kappa shape index (κ2) is 6.67. The minimum atomic E-state index is -4.41. The Morgan fingerprint density at radius 2 is 1.67 bits per heavy atom. The van der Waals surface area contributed by atoms with Crippen molar-refractivity contribution in [3.8, 4) is 6.07 Å². The second-order valence-corrected chi connectivity index (χ2v) is 3.52. The molecule has 0 saturated heterocycles. The van der Waals surface area contributed by atoms with Crippen LogP contribution in [0.25, 0.3) is 0 Å². The lowest BCUT2D eigenvalue weighted by Crippen LogP contribution is -2.36. The maximum Gasteiger partial charge on any atom is 0.405 e. The molecule has 5 heteroatoms. The number of hydrogen-bond donors (Lipinski definition) is 0. The van der Waals surface area contributed by atoms with Crippen molar-refractivity contribution in [2.24, 2.45) is 5.92 Å². The molecule has 88 valence electrons. The summed E-state index contributed by atoms with van der Waals surface area (Å²) in [4.78, 5) is 1.70. The molecule has 0 aliphatic carbocycles. The first kappa shape index (κ1) is 14.2. The maximum atomic E-state index is 12.3. The van der Waals surface area contributed by atoms with Gasteiger partial charge in [0.05, 0.1) is 6.07 Å². The van der Waals surface area contributed by atoms with Gasteiger partial charge >= 0.3 is 6.18 Å². The van der Waals surface area contributed by atoms with Crippen molar-refractivity contribution in [3.63, 3.8) is 0 Å². The summed E-state index contributed by atoms with van der Waals surface area (Å²) in [5.74, 6) is -1.87. The van der Waals surface area contributed by atoms with Gasteiger partial charge in [-0.1, -0.05) is 13.8 Å². The lowest BCUT2D eigenvalue weighted by atomic mass is 10.1. The van der Waals surface area contributed by atoms with Crippen LogP contribution >= 0.6 is 0 Å². The van der Waals surface area contributed by atoms with Gasteiger partial charge in [-0.3, -0.25) is 0 Å². The Bertz CT molecular complexity index is 202. The quantitative estimate of drug-likeness (QED) is 0.691. The fraction of sp³-hybridized carbons (Fsp3) is 0.900. The van der Waals surface area contributed by atoms with Gasteiger partial charge in [-0.25, -0.2) is 0 Å². The predicted octanol–water partition coefficient (Wildman–Crippen LogP) is 2.81. The fourth-order valence-electron chi connectivity index (χ4n) is 1.40. The van der Waals surface area contributed by atoms with E-state index in [0.29, 0.717) is 13.1 Å². The standard InChI is InChI=1S/C10H17F3N2/c1-3-5-15(6-4-2)8-9(7-14)10(11,12)13/h9H,3-6,8H2,1-2H3. The van der Waals surface area contributed by atoms with Gasteiger partial charge in [0.2, 0.25) is 0 Å². The Morgan fingerprint density at radius 3 is 1.93 bits per heavy atom. The van der Waals surface area contributed by atoms with Gasteiger partial charge in [-0.15, -0.1) is 0 Å². The molecule has 0 radical (unpaired) electrons. The average Bonchev–Trinajstić information content (AvgIpc) is 2.12. The summed E-state index contributed by atoms with van der Waals surface area (Å²) in [5, 5.41) is 8.45. The van der Waals surface area contributed by atoms with Gasteiger partial charge in [0.1, 0.15) is 0 Å². The van der Waals surface area contributed by atoms with Crippen LogP contribution in [0.2, 0.25) is 0 Å². The summed E-state index contributed by atoms with van der Waals surface area (Å²) in [5.41, 5.74) is 0. The van der Waals surface area contributed by atoms with Crippen molar-refractivity contribution in [2.75, 3.05) is 19.6 Å². The van der Waals surface area contributed by atoms with Gasteiger partial charge in [-0.2, -0.15) is 18.4 Å². The predicted molar refractivity (Wildman–Crippen MR) is 52.2 cm³/mol. The molecule has 0 fully saturated rings. The van der Waals surface area contributed by atoms with E-state index >= 15 is 0 Å². The van der Waals surface area contributed by atoms with Crippen molar-refractivity contribution >= 4 is 0 Å². The Labute approximate surface area is 88.7 Å². The molecule has 0 spiro atoms. The van der Waals surface area contributed by atoms with Gasteiger partial charge in [0, 0.05) is 6.54 Å². The van der Waals surface area contributed by atoms with Gasteiger partial charge in [0.25, 0.3) is 0 Å². The topological polar surface area (TPSA) is 27.0 Å². The number of nitrogens with zero attached hydrogens (tertiary/aromatic N) is 2. The molecule has 0 amide bonds. The van der Waals surface area contributed by atoms with E-state index < -0.39 is 12.1 Å². The summed E-state index contributed by atoms with van der Waals surface area (Å²) in [6, 6.07) is 1.32. The minimum Gasteiger partial charge on any atom is -0.302 e. The van der Waals surface area contributed by atoms with Crippen molar-refractivity contribution in [1.29, 1.82) is 5.26 Å². The van der Waals surface area contributed by atoms with Gasteiger partial charge < -0.3 is 4.90 Å². The van der Waals surface area contributed by atoms with Crippen molar-refractivity contribution in [2.45, 2.75) is 32.9 Å². The number of alkyl halides is 3. The number of nitriles is 1. The minimum absolute atomic E-state index is 0.207. The molecule has 2 nitrogen and oxygen atoms in total. The zero-order valence-electron chi connectivity index (χ0n) is 9.14. The van der Waals surface area contributed by atoms with Gasteiger partial charge in [0.15, 0.2) is 5.92 Å². The first-order chi connectivity index (χ1) is 6.95. The third-order valence-corrected chi connectivity index (χ3v) is 2.07. The summed E-state index contributed by atoms with van der Waals surface area (Å²) >= 11 is 0. The largest absolute Gasteiger partial charge is 0.405 e. The number of hydrogen-bond acceptors (Lipinski definition) is 2. The van der Waals surface area contributed by atoms with Crippen LogP contribution < -0.4 is 0 Å². The molecule has 15 heavy (non-hydrogen) atoms. The van der Waals surface area contributed by atoms with Crippen LogP contribution in [0.3, 0.4) is 0 Å². The Morgan fingerprint density at radius 1 is 1.20 bits per heavy atom. The third-order valence-electron chi connectivity index (χ3n) is 2.07. The Hall–Kier alpha value is -0.760. The fourth-order valence-corrected chi connectivity index (χ4v) is 1.40. The molecule has 0 aliphatic rings. The smallest absolute Gasteiger partial charge is 0.302 e. The van der Waals surface area contributed by atoms with E-state index in [1.165, 1.54) is 6.07 Å². The van der Waals surface area contributed by atoms with Crippen LogP contribution in [-0.2, 0) is 0 Å². The molecule has 1 atom stereocenters. The van der Waals surface area contributed by atoms with E-state index in [4.69, 9.17) is 5.26 Å². The van der Waals surface area contributed by atoms with E-state index in [1.54, 1.807) is 4.90 Å².